The van der Waals surface area contributed by atoms with E-state index in [1.807, 2.05) is 24.0 Å². The van der Waals surface area contributed by atoms with Crippen LogP contribution in [-0.4, -0.2) is 40.2 Å². The van der Waals surface area contributed by atoms with Gasteiger partial charge in [-0.1, -0.05) is 11.2 Å². The Kier molecular flexibility index (Phi) is 3.13. The van der Waals surface area contributed by atoms with Crippen molar-refractivity contribution >= 4 is 11.8 Å². The molecule has 24 heavy (non-hydrogen) atoms. The van der Waals surface area contributed by atoms with Crippen LogP contribution >= 0.6 is 0 Å². The Balaban J connectivity index is 1.47. The first-order valence-corrected chi connectivity index (χ1v) is 7.64. The smallest absolute Gasteiger partial charge is 0.374 e. The van der Waals surface area contributed by atoms with Crippen LogP contribution < -0.4 is 4.90 Å². The minimum absolute atomic E-state index is 0.204. The third kappa shape index (κ3) is 2.33. The van der Waals surface area contributed by atoms with Gasteiger partial charge in [0.05, 0.1) is 17.5 Å². The number of carboxylic acids is 1. The van der Waals surface area contributed by atoms with E-state index in [1.165, 1.54) is 6.07 Å². The summed E-state index contributed by atoms with van der Waals surface area (Å²) in [5.74, 6) is -4.24. The summed E-state index contributed by atoms with van der Waals surface area (Å²) in [6.07, 6.45) is 0.402. The summed E-state index contributed by atoms with van der Waals surface area (Å²) in [4.78, 5) is 17.2. The van der Waals surface area contributed by atoms with Crippen LogP contribution in [0.1, 0.15) is 27.5 Å². The molecule has 2 unspecified atom stereocenters. The normalized spacial score (nSPS) is 24.0. The first-order valence-electron chi connectivity index (χ1n) is 7.64. The molecule has 2 atom stereocenters. The Labute approximate surface area is 136 Å². The summed E-state index contributed by atoms with van der Waals surface area (Å²) < 4.78 is 31.3. The molecule has 126 valence electrons. The van der Waals surface area contributed by atoms with E-state index in [4.69, 9.17) is 9.63 Å². The molecule has 1 aliphatic carbocycles. The van der Waals surface area contributed by atoms with Crippen LogP contribution in [0.5, 0.6) is 0 Å². The van der Waals surface area contributed by atoms with Crippen LogP contribution in [0, 0.1) is 18.8 Å². The van der Waals surface area contributed by atoms with Gasteiger partial charge in [-0.25, -0.2) is 18.6 Å². The summed E-state index contributed by atoms with van der Waals surface area (Å²) in [7, 11) is 0. The predicted molar refractivity (Wildman–Crippen MR) is 79.4 cm³/mol. The maximum atomic E-state index is 13.3. The molecule has 1 aliphatic heterocycles. The second-order valence-electron chi connectivity index (χ2n) is 6.37. The van der Waals surface area contributed by atoms with Gasteiger partial charge in [-0.05, 0) is 18.6 Å². The van der Waals surface area contributed by atoms with Crippen LogP contribution in [0.4, 0.5) is 14.6 Å². The van der Waals surface area contributed by atoms with Gasteiger partial charge in [-0.2, -0.15) is 0 Å². The Morgan fingerprint density at radius 1 is 1.42 bits per heavy atom. The third-order valence-electron chi connectivity index (χ3n) is 4.85. The number of anilines is 1. The lowest BCUT2D eigenvalue weighted by molar-refractivity contribution is 0.0651. The van der Waals surface area contributed by atoms with Gasteiger partial charge < -0.3 is 14.5 Å². The number of aromatic nitrogens is 2. The molecule has 0 aromatic carbocycles. The Morgan fingerprint density at radius 2 is 2.12 bits per heavy atom. The summed E-state index contributed by atoms with van der Waals surface area (Å²) in [6, 6.07) is 5.06. The van der Waals surface area contributed by atoms with E-state index in [-0.39, 0.29) is 5.76 Å². The van der Waals surface area contributed by atoms with Gasteiger partial charge in [0.25, 0.3) is 5.92 Å². The molecule has 2 aromatic heterocycles. The average molecular weight is 335 g/mol. The molecule has 1 saturated carbocycles. The number of fused-ring (bicyclic) bond motifs is 1. The van der Waals surface area contributed by atoms with Crippen LogP contribution in [0.3, 0.4) is 0 Å². The lowest BCUT2D eigenvalue weighted by atomic mass is 10.1. The molecule has 2 fully saturated rings. The highest BCUT2D eigenvalue weighted by molar-refractivity contribution is 5.84. The van der Waals surface area contributed by atoms with Crippen molar-refractivity contribution in [2.75, 3.05) is 18.0 Å². The first kappa shape index (κ1) is 15.0. The molecule has 2 aromatic rings. The molecule has 4 rings (SSSR count). The summed E-state index contributed by atoms with van der Waals surface area (Å²) in [6.45, 7) is 2.52. The molecular weight excluding hydrogens is 320 g/mol. The van der Waals surface area contributed by atoms with E-state index >= 15 is 0 Å². The molecule has 0 bridgehead atoms. The number of hydrogen-bond acceptors (Lipinski definition) is 5. The van der Waals surface area contributed by atoms with Gasteiger partial charge in [0.1, 0.15) is 5.82 Å². The van der Waals surface area contributed by atoms with Crippen LogP contribution in [0.2, 0.25) is 0 Å². The second-order valence-corrected chi connectivity index (χ2v) is 6.37. The van der Waals surface area contributed by atoms with E-state index < -0.39 is 23.7 Å². The van der Waals surface area contributed by atoms with Gasteiger partial charge in [0.15, 0.2) is 0 Å². The molecule has 1 N–H and O–H groups in total. The lowest BCUT2D eigenvalue weighted by Gasteiger charge is -2.21. The Morgan fingerprint density at radius 3 is 2.71 bits per heavy atom. The fraction of sp³-hybridized carbons (Fsp3) is 0.438. The summed E-state index contributed by atoms with van der Waals surface area (Å²) in [5.41, 5.74) is 2.16. The van der Waals surface area contributed by atoms with Crippen molar-refractivity contribution in [2.45, 2.75) is 19.3 Å². The number of rotatable bonds is 4. The molecule has 0 radical (unpaired) electrons. The number of halogens is 2. The zero-order valence-electron chi connectivity index (χ0n) is 12.9. The predicted octanol–water partition coefficient (Wildman–Crippen LogP) is 2.37. The highest BCUT2D eigenvalue weighted by Crippen LogP contribution is 2.59. The highest BCUT2D eigenvalue weighted by Gasteiger charge is 2.71. The van der Waals surface area contributed by atoms with Crippen molar-refractivity contribution < 1.29 is 23.2 Å². The number of alkyl halides is 2. The maximum absolute atomic E-state index is 13.3. The number of nitrogens with zero attached hydrogens (tertiary/aromatic N) is 3. The fourth-order valence-corrected chi connectivity index (χ4v) is 3.33. The molecule has 0 amide bonds. The molecule has 6 nitrogen and oxygen atoms in total. The average Bonchev–Trinajstić information content (AvgIpc) is 3.00. The largest absolute Gasteiger partial charge is 0.475 e. The minimum atomic E-state index is -2.50. The lowest BCUT2D eigenvalue weighted by Crippen LogP contribution is -2.28. The number of aromatic carboxylic acids is 1. The van der Waals surface area contributed by atoms with E-state index in [0.717, 1.165) is 11.3 Å². The number of hydrogen-bond donors (Lipinski definition) is 1. The topological polar surface area (TPSA) is 79.5 Å². The second kappa shape index (κ2) is 4.99. The van der Waals surface area contributed by atoms with Gasteiger partial charge in [-0.3, -0.25) is 0 Å². The molecule has 3 heterocycles. The Bertz CT molecular complexity index is 807. The first-order chi connectivity index (χ1) is 11.4. The third-order valence-corrected chi connectivity index (χ3v) is 4.85. The molecular formula is C16H15F2N3O3. The SMILES string of the molecule is Cc1nc(N2CC3C(C2)C3(F)F)ccc1Cc1cc(C(=O)O)on1. The Hall–Kier alpha value is -2.51. The maximum Gasteiger partial charge on any atom is 0.374 e. The van der Waals surface area contributed by atoms with E-state index in [9.17, 15) is 13.6 Å². The number of pyridine rings is 1. The minimum Gasteiger partial charge on any atom is -0.475 e. The van der Waals surface area contributed by atoms with Gasteiger partial charge in [-0.15, -0.1) is 0 Å². The van der Waals surface area contributed by atoms with Crippen molar-refractivity contribution in [1.82, 2.24) is 10.1 Å². The van der Waals surface area contributed by atoms with E-state index in [2.05, 4.69) is 10.1 Å². The highest BCUT2D eigenvalue weighted by atomic mass is 19.3. The zero-order chi connectivity index (χ0) is 17.1. The summed E-state index contributed by atoms with van der Waals surface area (Å²) >= 11 is 0. The quantitative estimate of drug-likeness (QED) is 0.924. The van der Waals surface area contributed by atoms with Crippen molar-refractivity contribution in [1.29, 1.82) is 0 Å². The van der Waals surface area contributed by atoms with E-state index in [0.29, 0.717) is 31.0 Å². The monoisotopic (exact) mass is 335 g/mol. The molecule has 8 heteroatoms. The zero-order valence-corrected chi connectivity index (χ0v) is 12.9. The molecule has 0 spiro atoms. The number of carbonyl (C=O) groups is 1. The standard InChI is InChI=1S/C16H15F2N3O3/c1-8-9(4-10-5-13(15(22)23)24-20-10)2-3-14(19-8)21-6-11-12(7-21)16(11,17)18/h2-3,5,11-12H,4,6-7H2,1H3,(H,22,23). The molecule has 2 aliphatic rings. The van der Waals surface area contributed by atoms with Crippen LogP contribution in [-0.2, 0) is 6.42 Å². The molecule has 1 saturated heterocycles. The van der Waals surface area contributed by atoms with Crippen molar-refractivity contribution in [3.05, 3.63) is 40.9 Å². The summed E-state index contributed by atoms with van der Waals surface area (Å²) in [5, 5.41) is 12.6. The van der Waals surface area contributed by atoms with Crippen LogP contribution in [0.25, 0.3) is 0 Å². The van der Waals surface area contributed by atoms with Crippen molar-refractivity contribution in [3.8, 4) is 0 Å². The number of carboxylic acid groups (broad SMARTS) is 1. The fourth-order valence-electron chi connectivity index (χ4n) is 3.33. The van der Waals surface area contributed by atoms with Gasteiger partial charge in [0.2, 0.25) is 5.76 Å². The number of aryl methyl sites for hydroxylation is 1. The van der Waals surface area contributed by atoms with Crippen LogP contribution in [0.15, 0.2) is 22.7 Å². The van der Waals surface area contributed by atoms with Gasteiger partial charge >= 0.3 is 5.97 Å². The van der Waals surface area contributed by atoms with Crippen molar-refractivity contribution in [2.24, 2.45) is 11.8 Å². The van der Waals surface area contributed by atoms with Gasteiger partial charge in [0, 0.05) is 31.3 Å². The number of piperidine rings is 1. The van der Waals surface area contributed by atoms with Crippen molar-refractivity contribution in [3.63, 3.8) is 0 Å². The van der Waals surface area contributed by atoms with E-state index in [1.54, 1.807) is 0 Å².